The van der Waals surface area contributed by atoms with Gasteiger partial charge in [-0.05, 0) is 31.6 Å². The van der Waals surface area contributed by atoms with Crippen molar-refractivity contribution < 1.29 is 9.47 Å². The Morgan fingerprint density at radius 3 is 2.07 bits per heavy atom. The van der Waals surface area contributed by atoms with Crippen LogP contribution >= 0.6 is 22.6 Å². The molecule has 2 saturated heterocycles. The molecule has 0 saturated carbocycles. The first-order valence-electron chi connectivity index (χ1n) is 5.63. The van der Waals surface area contributed by atoms with Gasteiger partial charge in [-0.15, -0.1) is 0 Å². The largest absolute Gasteiger partial charge is 0.375 e. The maximum atomic E-state index is 5.84. The van der Waals surface area contributed by atoms with Crippen molar-refractivity contribution in [2.75, 3.05) is 13.2 Å². The number of halogens is 1. The highest BCUT2D eigenvalue weighted by Gasteiger charge is 2.30. The van der Waals surface area contributed by atoms with Crippen LogP contribution in [0.5, 0.6) is 0 Å². The molecule has 0 radical (unpaired) electrons. The predicted molar refractivity (Wildman–Crippen MR) is 64.9 cm³/mol. The van der Waals surface area contributed by atoms with Crippen molar-refractivity contribution in [2.45, 2.75) is 48.7 Å². The summed E-state index contributed by atoms with van der Waals surface area (Å²) in [6.45, 7) is 4.11. The van der Waals surface area contributed by atoms with E-state index in [1.165, 1.54) is 25.7 Å². The summed E-state index contributed by atoms with van der Waals surface area (Å²) < 4.78 is 12.4. The average molecular weight is 310 g/mol. The summed E-state index contributed by atoms with van der Waals surface area (Å²) in [5, 5.41) is 0. The lowest BCUT2D eigenvalue weighted by Crippen LogP contribution is -2.40. The summed E-state index contributed by atoms with van der Waals surface area (Å²) in [5.41, 5.74) is 0. The van der Waals surface area contributed by atoms with Gasteiger partial charge in [-0.1, -0.05) is 29.5 Å². The van der Waals surface area contributed by atoms with E-state index in [-0.39, 0.29) is 0 Å². The third-order valence-electron chi connectivity index (χ3n) is 3.21. The first-order chi connectivity index (χ1) is 6.75. The Bertz CT molecular complexity index is 150. The first kappa shape index (κ1) is 11.1. The van der Waals surface area contributed by atoms with E-state index < -0.39 is 0 Å². The lowest BCUT2D eigenvalue weighted by molar-refractivity contribution is -0.116. The molecular formula is C11H19IO2. The van der Waals surface area contributed by atoms with Crippen LogP contribution in [0.1, 0.15) is 32.6 Å². The third-order valence-corrected chi connectivity index (χ3v) is 4.19. The fraction of sp³-hybridized carbons (Fsp3) is 1.00. The van der Waals surface area contributed by atoms with Gasteiger partial charge in [0.1, 0.15) is 0 Å². The molecule has 0 amide bonds. The topological polar surface area (TPSA) is 18.5 Å². The Kier molecular flexibility index (Phi) is 4.08. The Morgan fingerprint density at radius 2 is 1.57 bits per heavy atom. The zero-order chi connectivity index (χ0) is 9.97. The van der Waals surface area contributed by atoms with E-state index in [2.05, 4.69) is 29.5 Å². The molecule has 4 unspecified atom stereocenters. The minimum atomic E-state index is 0.383. The lowest BCUT2D eigenvalue weighted by atomic mass is 9.94. The molecule has 2 heterocycles. The lowest BCUT2D eigenvalue weighted by Gasteiger charge is -2.36. The predicted octanol–water partition coefficient (Wildman–Crippen LogP) is 2.78. The van der Waals surface area contributed by atoms with Crippen molar-refractivity contribution in [3.8, 4) is 0 Å². The fourth-order valence-electron chi connectivity index (χ4n) is 2.23. The third kappa shape index (κ3) is 2.83. The summed E-state index contributed by atoms with van der Waals surface area (Å²) >= 11 is 2.48. The van der Waals surface area contributed by atoms with Crippen molar-refractivity contribution >= 4 is 22.6 Å². The quantitative estimate of drug-likeness (QED) is 0.548. The minimum Gasteiger partial charge on any atom is -0.375 e. The monoisotopic (exact) mass is 310 g/mol. The zero-order valence-corrected chi connectivity index (χ0v) is 10.9. The summed E-state index contributed by atoms with van der Waals surface area (Å²) in [7, 11) is 0. The van der Waals surface area contributed by atoms with Crippen LogP contribution < -0.4 is 0 Å². The molecule has 2 aliphatic rings. The highest BCUT2D eigenvalue weighted by molar-refractivity contribution is 14.1. The van der Waals surface area contributed by atoms with Gasteiger partial charge in [0.05, 0.1) is 18.8 Å². The number of ether oxygens (including phenoxy) is 2. The molecule has 3 heteroatoms. The van der Waals surface area contributed by atoms with Crippen LogP contribution in [0.3, 0.4) is 0 Å². The summed E-state index contributed by atoms with van der Waals surface area (Å²) in [6.07, 6.45) is 5.74. The smallest absolute Gasteiger partial charge is 0.0837 e. The molecule has 0 aromatic heterocycles. The van der Waals surface area contributed by atoms with E-state index in [1.807, 2.05) is 0 Å². The van der Waals surface area contributed by atoms with E-state index in [0.29, 0.717) is 16.1 Å². The molecule has 4 atom stereocenters. The molecule has 0 aliphatic carbocycles. The SMILES string of the molecule is CC1CCC(C2CCC(I)CO2)OC1. The number of hydrogen-bond acceptors (Lipinski definition) is 2. The van der Waals surface area contributed by atoms with E-state index in [1.54, 1.807) is 0 Å². The van der Waals surface area contributed by atoms with Gasteiger partial charge in [0.15, 0.2) is 0 Å². The van der Waals surface area contributed by atoms with Gasteiger partial charge in [-0.2, -0.15) is 0 Å². The second kappa shape index (κ2) is 5.12. The van der Waals surface area contributed by atoms with Crippen molar-refractivity contribution in [2.24, 2.45) is 5.92 Å². The van der Waals surface area contributed by atoms with E-state index in [9.17, 15) is 0 Å². The highest BCUT2D eigenvalue weighted by atomic mass is 127. The molecule has 2 fully saturated rings. The van der Waals surface area contributed by atoms with Crippen molar-refractivity contribution in [1.82, 2.24) is 0 Å². The second-order valence-electron chi connectivity index (χ2n) is 4.60. The zero-order valence-electron chi connectivity index (χ0n) is 8.75. The molecule has 2 rings (SSSR count). The number of rotatable bonds is 1. The van der Waals surface area contributed by atoms with Crippen LogP contribution in [0.4, 0.5) is 0 Å². The van der Waals surface area contributed by atoms with Crippen molar-refractivity contribution in [3.05, 3.63) is 0 Å². The van der Waals surface area contributed by atoms with Crippen LogP contribution in [-0.2, 0) is 9.47 Å². The van der Waals surface area contributed by atoms with Gasteiger partial charge in [0.2, 0.25) is 0 Å². The Labute approximate surface area is 99.9 Å². The molecule has 0 aromatic rings. The van der Waals surface area contributed by atoms with Gasteiger partial charge >= 0.3 is 0 Å². The number of hydrogen-bond donors (Lipinski definition) is 0. The summed E-state index contributed by atoms with van der Waals surface area (Å²) in [4.78, 5) is 0. The summed E-state index contributed by atoms with van der Waals surface area (Å²) in [6, 6.07) is 0. The van der Waals surface area contributed by atoms with Gasteiger partial charge in [0, 0.05) is 10.5 Å². The fourth-order valence-corrected chi connectivity index (χ4v) is 2.80. The molecule has 2 aliphatic heterocycles. The van der Waals surface area contributed by atoms with Crippen LogP contribution in [0.15, 0.2) is 0 Å². The van der Waals surface area contributed by atoms with Gasteiger partial charge in [0.25, 0.3) is 0 Å². The standard InChI is InChI=1S/C11H19IO2/c1-8-2-4-10(13-6-8)11-5-3-9(12)7-14-11/h8-11H,2-7H2,1H3. The molecule has 0 N–H and O–H groups in total. The van der Waals surface area contributed by atoms with E-state index in [4.69, 9.17) is 9.47 Å². The Morgan fingerprint density at radius 1 is 0.929 bits per heavy atom. The Balaban J connectivity index is 1.78. The van der Waals surface area contributed by atoms with Crippen LogP contribution in [-0.4, -0.2) is 29.3 Å². The van der Waals surface area contributed by atoms with Crippen LogP contribution in [0.25, 0.3) is 0 Å². The maximum absolute atomic E-state index is 5.84. The Hall–Kier alpha value is 0.650. The molecule has 0 aromatic carbocycles. The molecular weight excluding hydrogens is 291 g/mol. The van der Waals surface area contributed by atoms with Crippen molar-refractivity contribution in [3.63, 3.8) is 0 Å². The average Bonchev–Trinajstić information content (AvgIpc) is 2.21. The molecule has 0 spiro atoms. The highest BCUT2D eigenvalue weighted by Crippen LogP contribution is 2.28. The maximum Gasteiger partial charge on any atom is 0.0837 e. The van der Waals surface area contributed by atoms with E-state index >= 15 is 0 Å². The minimum absolute atomic E-state index is 0.383. The molecule has 14 heavy (non-hydrogen) atoms. The first-order valence-corrected chi connectivity index (χ1v) is 6.87. The molecule has 82 valence electrons. The van der Waals surface area contributed by atoms with Gasteiger partial charge in [-0.25, -0.2) is 0 Å². The molecule has 0 bridgehead atoms. The van der Waals surface area contributed by atoms with Crippen LogP contribution in [0.2, 0.25) is 0 Å². The normalized spacial score (nSPS) is 45.0. The molecule has 2 nitrogen and oxygen atoms in total. The second-order valence-corrected chi connectivity index (χ2v) is 6.36. The van der Waals surface area contributed by atoms with Crippen LogP contribution in [0, 0.1) is 5.92 Å². The van der Waals surface area contributed by atoms with Crippen molar-refractivity contribution in [1.29, 1.82) is 0 Å². The van der Waals surface area contributed by atoms with Gasteiger partial charge in [-0.3, -0.25) is 0 Å². The van der Waals surface area contributed by atoms with E-state index in [0.717, 1.165) is 19.1 Å². The summed E-state index contributed by atoms with van der Waals surface area (Å²) in [5.74, 6) is 0.743. The van der Waals surface area contributed by atoms with Gasteiger partial charge < -0.3 is 9.47 Å². The number of alkyl halides is 1.